The number of rotatable bonds is 3. The predicted molar refractivity (Wildman–Crippen MR) is 85.9 cm³/mol. The van der Waals surface area contributed by atoms with Crippen LogP contribution >= 0.6 is 0 Å². The number of hydrazone groups is 1. The maximum Gasteiger partial charge on any atom is 0.287 e. The highest BCUT2D eigenvalue weighted by molar-refractivity contribution is 5.98. The van der Waals surface area contributed by atoms with Crippen LogP contribution in [0.2, 0.25) is 0 Å². The quantitative estimate of drug-likeness (QED) is 0.577. The maximum absolute atomic E-state index is 12.1. The van der Waals surface area contributed by atoms with Gasteiger partial charge >= 0.3 is 0 Å². The van der Waals surface area contributed by atoms with Gasteiger partial charge in [-0.1, -0.05) is 18.2 Å². The zero-order valence-corrected chi connectivity index (χ0v) is 12.1. The van der Waals surface area contributed by atoms with Crippen LogP contribution in [0.5, 0.6) is 11.5 Å². The van der Waals surface area contributed by atoms with Crippen LogP contribution in [-0.2, 0) is 0 Å². The Labute approximate surface area is 131 Å². The zero-order valence-electron chi connectivity index (χ0n) is 12.1. The lowest BCUT2D eigenvalue weighted by Crippen LogP contribution is -2.17. The molecule has 23 heavy (non-hydrogen) atoms. The second kappa shape index (κ2) is 5.49. The lowest BCUT2D eigenvalue weighted by molar-refractivity contribution is 0.0951. The van der Waals surface area contributed by atoms with E-state index < -0.39 is 0 Å². The average molecular weight is 307 g/mol. The Bertz CT molecular complexity index is 881. The van der Waals surface area contributed by atoms with Crippen molar-refractivity contribution in [3.05, 3.63) is 59.8 Å². The number of benzene rings is 2. The molecular formula is C17H13N3O3. The van der Waals surface area contributed by atoms with Gasteiger partial charge in [0, 0.05) is 10.9 Å². The Morgan fingerprint density at radius 3 is 2.91 bits per heavy atom. The van der Waals surface area contributed by atoms with Gasteiger partial charge in [0.15, 0.2) is 11.5 Å². The van der Waals surface area contributed by atoms with Crippen molar-refractivity contribution in [2.24, 2.45) is 5.10 Å². The Hall–Kier alpha value is -3.28. The second-order valence-corrected chi connectivity index (χ2v) is 5.08. The van der Waals surface area contributed by atoms with Crippen molar-refractivity contribution in [1.29, 1.82) is 0 Å². The van der Waals surface area contributed by atoms with Crippen LogP contribution in [0.1, 0.15) is 16.1 Å². The molecule has 0 saturated carbocycles. The number of fused-ring (bicyclic) bond motifs is 2. The van der Waals surface area contributed by atoms with E-state index in [9.17, 15) is 4.79 Å². The monoisotopic (exact) mass is 307 g/mol. The highest BCUT2D eigenvalue weighted by Crippen LogP contribution is 2.31. The van der Waals surface area contributed by atoms with Gasteiger partial charge in [0.25, 0.3) is 5.91 Å². The summed E-state index contributed by atoms with van der Waals surface area (Å²) in [5, 5.41) is 4.96. The highest BCUT2D eigenvalue weighted by Gasteiger charge is 2.12. The van der Waals surface area contributed by atoms with Gasteiger partial charge in [-0.15, -0.1) is 0 Å². The molecule has 1 aromatic heterocycles. The van der Waals surface area contributed by atoms with E-state index >= 15 is 0 Å². The molecule has 6 heteroatoms. The third-order valence-corrected chi connectivity index (χ3v) is 3.55. The first kappa shape index (κ1) is 13.4. The normalized spacial score (nSPS) is 12.9. The van der Waals surface area contributed by atoms with Crippen molar-refractivity contribution in [2.75, 3.05) is 6.79 Å². The molecule has 3 aromatic rings. The van der Waals surface area contributed by atoms with Gasteiger partial charge in [0.05, 0.1) is 6.21 Å². The van der Waals surface area contributed by atoms with E-state index in [4.69, 9.17) is 9.47 Å². The second-order valence-electron chi connectivity index (χ2n) is 5.08. The van der Waals surface area contributed by atoms with Crippen molar-refractivity contribution >= 4 is 23.0 Å². The van der Waals surface area contributed by atoms with Gasteiger partial charge in [-0.3, -0.25) is 4.79 Å². The van der Waals surface area contributed by atoms with E-state index in [2.05, 4.69) is 15.5 Å². The standard InChI is InChI=1S/C17H13N3O3/c21-17(14-8-12-3-1-2-4-13(12)19-14)20-18-9-11-5-6-15-16(7-11)23-10-22-15/h1-9,19H,10H2,(H,20,21)/b18-9+. The molecule has 2 aromatic carbocycles. The summed E-state index contributed by atoms with van der Waals surface area (Å²) in [5.41, 5.74) is 4.70. The van der Waals surface area contributed by atoms with Gasteiger partial charge < -0.3 is 14.5 Å². The van der Waals surface area contributed by atoms with Crippen LogP contribution in [-0.4, -0.2) is 23.9 Å². The molecule has 2 heterocycles. The zero-order chi connectivity index (χ0) is 15.6. The number of nitrogens with one attached hydrogen (secondary N) is 2. The number of carbonyl (C=O) groups is 1. The van der Waals surface area contributed by atoms with Crippen LogP contribution in [0.4, 0.5) is 0 Å². The molecule has 0 atom stereocenters. The molecule has 1 aliphatic rings. The summed E-state index contributed by atoms with van der Waals surface area (Å²) in [5.74, 6) is 1.10. The molecule has 0 unspecified atom stereocenters. The maximum atomic E-state index is 12.1. The molecular weight excluding hydrogens is 294 g/mol. The molecule has 6 nitrogen and oxygen atoms in total. The Morgan fingerprint density at radius 2 is 2.00 bits per heavy atom. The molecule has 0 bridgehead atoms. The summed E-state index contributed by atoms with van der Waals surface area (Å²) in [6.45, 7) is 0.229. The number of amides is 1. The van der Waals surface area contributed by atoms with E-state index in [0.29, 0.717) is 17.2 Å². The van der Waals surface area contributed by atoms with Crippen LogP contribution in [0.25, 0.3) is 10.9 Å². The van der Waals surface area contributed by atoms with Crippen LogP contribution in [0, 0.1) is 0 Å². The molecule has 0 aliphatic carbocycles. The fraction of sp³-hybridized carbons (Fsp3) is 0.0588. The van der Waals surface area contributed by atoms with Crippen molar-refractivity contribution in [1.82, 2.24) is 10.4 Å². The molecule has 1 aliphatic heterocycles. The molecule has 0 radical (unpaired) electrons. The number of carbonyl (C=O) groups excluding carboxylic acids is 1. The third kappa shape index (κ3) is 2.62. The van der Waals surface area contributed by atoms with Gasteiger partial charge in [0.2, 0.25) is 6.79 Å². The molecule has 114 valence electrons. The summed E-state index contributed by atoms with van der Waals surface area (Å²) in [4.78, 5) is 15.1. The van der Waals surface area contributed by atoms with Gasteiger partial charge in [-0.25, -0.2) is 5.43 Å². The van der Waals surface area contributed by atoms with Gasteiger partial charge in [0.1, 0.15) is 5.69 Å². The fourth-order valence-electron chi connectivity index (χ4n) is 2.41. The molecule has 0 spiro atoms. The van der Waals surface area contributed by atoms with E-state index in [0.717, 1.165) is 16.5 Å². The minimum atomic E-state index is -0.293. The predicted octanol–water partition coefficient (Wildman–Crippen LogP) is 2.66. The summed E-state index contributed by atoms with van der Waals surface area (Å²) in [6.07, 6.45) is 1.56. The number of hydrogen-bond acceptors (Lipinski definition) is 4. The first-order chi connectivity index (χ1) is 11.3. The highest BCUT2D eigenvalue weighted by atomic mass is 16.7. The number of ether oxygens (including phenoxy) is 2. The van der Waals surface area contributed by atoms with Crippen molar-refractivity contribution < 1.29 is 14.3 Å². The Morgan fingerprint density at radius 1 is 1.13 bits per heavy atom. The topological polar surface area (TPSA) is 75.7 Å². The van der Waals surface area contributed by atoms with E-state index in [-0.39, 0.29) is 12.7 Å². The lowest BCUT2D eigenvalue weighted by Gasteiger charge is -1.98. The van der Waals surface area contributed by atoms with E-state index in [1.54, 1.807) is 18.3 Å². The SMILES string of the molecule is O=C(N/N=C/c1ccc2c(c1)OCO2)c1cc2ccccc2[nH]1. The molecule has 1 amide bonds. The summed E-state index contributed by atoms with van der Waals surface area (Å²) < 4.78 is 10.5. The average Bonchev–Trinajstić information content (AvgIpc) is 3.20. The number of H-pyrrole nitrogens is 1. The molecule has 0 saturated heterocycles. The number of aromatic nitrogens is 1. The first-order valence-electron chi connectivity index (χ1n) is 7.10. The van der Waals surface area contributed by atoms with E-state index in [1.807, 2.05) is 36.4 Å². The number of para-hydroxylation sites is 1. The molecule has 0 fully saturated rings. The third-order valence-electron chi connectivity index (χ3n) is 3.55. The molecule has 2 N–H and O–H groups in total. The molecule has 4 rings (SSSR count). The number of nitrogens with zero attached hydrogens (tertiary/aromatic N) is 1. The van der Waals surface area contributed by atoms with Gasteiger partial charge in [-0.2, -0.15) is 5.10 Å². The Balaban J connectivity index is 1.46. The number of aromatic amines is 1. The fourth-order valence-corrected chi connectivity index (χ4v) is 2.41. The van der Waals surface area contributed by atoms with Crippen LogP contribution in [0.3, 0.4) is 0 Å². The van der Waals surface area contributed by atoms with E-state index in [1.165, 1.54) is 0 Å². The summed E-state index contributed by atoms with van der Waals surface area (Å²) >= 11 is 0. The van der Waals surface area contributed by atoms with Crippen molar-refractivity contribution in [3.8, 4) is 11.5 Å². The first-order valence-corrected chi connectivity index (χ1v) is 7.10. The van der Waals surface area contributed by atoms with Crippen molar-refractivity contribution in [3.63, 3.8) is 0 Å². The summed E-state index contributed by atoms with van der Waals surface area (Å²) in [6, 6.07) is 14.9. The Kier molecular flexibility index (Phi) is 3.20. The smallest absolute Gasteiger partial charge is 0.287 e. The van der Waals surface area contributed by atoms with Crippen LogP contribution in [0.15, 0.2) is 53.6 Å². The van der Waals surface area contributed by atoms with Crippen LogP contribution < -0.4 is 14.9 Å². The minimum absolute atomic E-state index is 0.229. The largest absolute Gasteiger partial charge is 0.454 e. The van der Waals surface area contributed by atoms with Crippen molar-refractivity contribution in [2.45, 2.75) is 0 Å². The lowest BCUT2D eigenvalue weighted by atomic mass is 10.2. The number of hydrogen-bond donors (Lipinski definition) is 2. The summed E-state index contributed by atoms with van der Waals surface area (Å²) in [7, 11) is 0. The minimum Gasteiger partial charge on any atom is -0.454 e. The van der Waals surface area contributed by atoms with Gasteiger partial charge in [-0.05, 0) is 35.9 Å².